The van der Waals surface area contributed by atoms with Crippen LogP contribution in [0.15, 0.2) is 24.3 Å². The number of nitrogens with two attached hydrogens (primary N) is 1. The molecule has 0 spiro atoms. The highest BCUT2D eigenvalue weighted by Crippen LogP contribution is 2.35. The summed E-state index contributed by atoms with van der Waals surface area (Å²) >= 11 is 0. The van der Waals surface area contributed by atoms with Crippen molar-refractivity contribution in [2.75, 3.05) is 11.9 Å². The van der Waals surface area contributed by atoms with E-state index in [0.717, 1.165) is 22.4 Å². The standard InChI is InChI=1S/C13H11F3N4O/c14-13(15,16)8-3-1-7(2-4-8)10-9-5-6-18-11(9)20(19-10)12(17)21/h1-4,18H,5-6H2,(H2,17,21). The number of carbonyl (C=O) groups is 1. The van der Waals surface area contributed by atoms with Gasteiger partial charge in [-0.2, -0.15) is 23.0 Å². The summed E-state index contributed by atoms with van der Waals surface area (Å²) in [5.41, 5.74) is 6.28. The number of amides is 1. The third kappa shape index (κ3) is 2.22. The number of benzene rings is 1. The van der Waals surface area contributed by atoms with E-state index in [1.165, 1.54) is 12.1 Å². The first-order valence-corrected chi connectivity index (χ1v) is 6.21. The van der Waals surface area contributed by atoms with Crippen LogP contribution in [0.1, 0.15) is 11.1 Å². The summed E-state index contributed by atoms with van der Waals surface area (Å²) < 4.78 is 38.7. The molecule has 0 atom stereocenters. The Bertz CT molecular complexity index is 703. The van der Waals surface area contributed by atoms with Gasteiger partial charge in [0, 0.05) is 17.7 Å². The Labute approximate surface area is 117 Å². The zero-order valence-electron chi connectivity index (χ0n) is 10.7. The van der Waals surface area contributed by atoms with Gasteiger partial charge in [0.05, 0.1) is 11.3 Å². The van der Waals surface area contributed by atoms with Crippen molar-refractivity contribution in [3.63, 3.8) is 0 Å². The summed E-state index contributed by atoms with van der Waals surface area (Å²) in [6, 6.07) is 3.93. The smallest absolute Gasteiger partial charge is 0.369 e. The van der Waals surface area contributed by atoms with Crippen LogP contribution in [-0.2, 0) is 12.6 Å². The molecule has 0 bridgehead atoms. The Hall–Kier alpha value is -2.51. The van der Waals surface area contributed by atoms with Gasteiger partial charge in [-0.1, -0.05) is 12.1 Å². The van der Waals surface area contributed by atoms with Gasteiger partial charge < -0.3 is 11.1 Å². The quantitative estimate of drug-likeness (QED) is 0.849. The molecule has 0 saturated heterocycles. The Morgan fingerprint density at radius 3 is 2.52 bits per heavy atom. The first-order valence-electron chi connectivity index (χ1n) is 6.21. The minimum Gasteiger partial charge on any atom is -0.369 e. The monoisotopic (exact) mass is 296 g/mol. The molecule has 21 heavy (non-hydrogen) atoms. The molecule has 0 aliphatic carbocycles. The fourth-order valence-electron chi connectivity index (χ4n) is 2.38. The minimum absolute atomic E-state index is 0.475. The second-order valence-corrected chi connectivity index (χ2v) is 4.68. The van der Waals surface area contributed by atoms with Crippen LogP contribution in [0.5, 0.6) is 0 Å². The Morgan fingerprint density at radius 1 is 1.29 bits per heavy atom. The van der Waals surface area contributed by atoms with Crippen LogP contribution in [0.25, 0.3) is 11.3 Å². The van der Waals surface area contributed by atoms with Crippen molar-refractivity contribution in [2.24, 2.45) is 5.73 Å². The number of primary amides is 1. The van der Waals surface area contributed by atoms with E-state index in [1.54, 1.807) is 0 Å². The highest BCUT2D eigenvalue weighted by Gasteiger charge is 2.31. The van der Waals surface area contributed by atoms with E-state index in [9.17, 15) is 18.0 Å². The van der Waals surface area contributed by atoms with Gasteiger partial charge in [0.25, 0.3) is 0 Å². The number of anilines is 1. The van der Waals surface area contributed by atoms with E-state index < -0.39 is 17.8 Å². The van der Waals surface area contributed by atoms with Crippen molar-refractivity contribution in [1.29, 1.82) is 0 Å². The third-order valence-corrected chi connectivity index (χ3v) is 3.35. The third-order valence-electron chi connectivity index (χ3n) is 3.35. The molecule has 1 aromatic heterocycles. The fraction of sp³-hybridized carbons (Fsp3) is 0.231. The molecule has 0 unspecified atom stereocenters. The Balaban J connectivity index is 2.05. The molecule has 1 aromatic carbocycles. The van der Waals surface area contributed by atoms with Gasteiger partial charge in [0.2, 0.25) is 0 Å². The molecule has 3 rings (SSSR count). The number of fused-ring (bicyclic) bond motifs is 1. The van der Waals surface area contributed by atoms with E-state index >= 15 is 0 Å². The van der Waals surface area contributed by atoms with Gasteiger partial charge in [-0.25, -0.2) is 4.79 Å². The molecule has 2 aromatic rings. The van der Waals surface area contributed by atoms with E-state index in [2.05, 4.69) is 10.4 Å². The topological polar surface area (TPSA) is 72.9 Å². The molecule has 1 amide bonds. The van der Waals surface area contributed by atoms with Crippen LogP contribution in [0, 0.1) is 0 Å². The summed E-state index contributed by atoms with van der Waals surface area (Å²) in [7, 11) is 0. The maximum atomic E-state index is 12.6. The molecular weight excluding hydrogens is 285 g/mol. The molecule has 0 fully saturated rings. The van der Waals surface area contributed by atoms with Crippen LogP contribution in [0.3, 0.4) is 0 Å². The van der Waals surface area contributed by atoms with Crippen LogP contribution < -0.4 is 11.1 Å². The highest BCUT2D eigenvalue weighted by atomic mass is 19.4. The molecule has 1 aliphatic heterocycles. The average Bonchev–Trinajstić information content (AvgIpc) is 2.98. The van der Waals surface area contributed by atoms with Gasteiger partial charge in [0.1, 0.15) is 5.82 Å². The molecule has 3 N–H and O–H groups in total. The maximum absolute atomic E-state index is 12.6. The van der Waals surface area contributed by atoms with E-state index in [-0.39, 0.29) is 0 Å². The lowest BCUT2D eigenvalue weighted by atomic mass is 10.0. The molecule has 2 heterocycles. The molecule has 0 radical (unpaired) electrons. The van der Waals surface area contributed by atoms with Gasteiger partial charge in [-0.15, -0.1) is 0 Å². The van der Waals surface area contributed by atoms with E-state index in [4.69, 9.17) is 5.73 Å². The summed E-state index contributed by atoms with van der Waals surface area (Å²) in [5, 5.41) is 7.09. The number of rotatable bonds is 1. The maximum Gasteiger partial charge on any atom is 0.416 e. The molecular formula is C13H11F3N4O. The second-order valence-electron chi connectivity index (χ2n) is 4.68. The lowest BCUT2D eigenvalue weighted by Crippen LogP contribution is -2.22. The number of hydrogen-bond acceptors (Lipinski definition) is 3. The van der Waals surface area contributed by atoms with Crippen LogP contribution in [0.4, 0.5) is 23.8 Å². The number of halogens is 3. The first kappa shape index (κ1) is 13.5. The fourth-order valence-corrected chi connectivity index (χ4v) is 2.38. The van der Waals surface area contributed by atoms with Crippen molar-refractivity contribution in [1.82, 2.24) is 9.78 Å². The number of carbonyl (C=O) groups excluding carboxylic acids is 1. The largest absolute Gasteiger partial charge is 0.416 e. The Morgan fingerprint density at radius 2 is 1.95 bits per heavy atom. The summed E-state index contributed by atoms with van der Waals surface area (Å²) in [6.45, 7) is 0.633. The number of nitrogens with one attached hydrogen (secondary N) is 1. The summed E-state index contributed by atoms with van der Waals surface area (Å²) in [5.74, 6) is 0.511. The van der Waals surface area contributed by atoms with Gasteiger partial charge in [0.15, 0.2) is 0 Å². The van der Waals surface area contributed by atoms with Crippen molar-refractivity contribution >= 4 is 11.8 Å². The lowest BCUT2D eigenvalue weighted by Gasteiger charge is -2.07. The van der Waals surface area contributed by atoms with E-state index in [0.29, 0.717) is 30.0 Å². The normalized spacial score (nSPS) is 13.9. The number of aromatic nitrogens is 2. The van der Waals surface area contributed by atoms with Crippen molar-refractivity contribution in [3.05, 3.63) is 35.4 Å². The SMILES string of the molecule is NC(=O)n1nc(-c2ccc(C(F)(F)F)cc2)c2c1NCC2. The van der Waals surface area contributed by atoms with Crippen LogP contribution >= 0.6 is 0 Å². The predicted octanol–water partition coefficient (Wildman–Crippen LogP) is 2.46. The van der Waals surface area contributed by atoms with Gasteiger partial charge in [-0.3, -0.25) is 0 Å². The molecule has 1 aliphatic rings. The van der Waals surface area contributed by atoms with Crippen molar-refractivity contribution in [2.45, 2.75) is 12.6 Å². The number of hydrogen-bond donors (Lipinski definition) is 2. The van der Waals surface area contributed by atoms with Gasteiger partial charge in [-0.05, 0) is 18.6 Å². The second kappa shape index (κ2) is 4.51. The predicted molar refractivity (Wildman–Crippen MR) is 69.8 cm³/mol. The Kier molecular flexibility index (Phi) is 2.89. The highest BCUT2D eigenvalue weighted by molar-refractivity contribution is 5.83. The molecule has 110 valence electrons. The van der Waals surface area contributed by atoms with Crippen LogP contribution in [0.2, 0.25) is 0 Å². The summed E-state index contributed by atoms with van der Waals surface area (Å²) in [4.78, 5) is 11.3. The first-order chi connectivity index (χ1) is 9.88. The van der Waals surface area contributed by atoms with Gasteiger partial charge >= 0.3 is 12.2 Å². The lowest BCUT2D eigenvalue weighted by molar-refractivity contribution is -0.137. The zero-order chi connectivity index (χ0) is 15.2. The molecule has 8 heteroatoms. The average molecular weight is 296 g/mol. The zero-order valence-corrected chi connectivity index (χ0v) is 10.7. The van der Waals surface area contributed by atoms with E-state index in [1.807, 2.05) is 0 Å². The molecule has 5 nitrogen and oxygen atoms in total. The minimum atomic E-state index is -4.38. The molecule has 0 saturated carbocycles. The van der Waals surface area contributed by atoms with Crippen LogP contribution in [-0.4, -0.2) is 22.4 Å². The summed E-state index contributed by atoms with van der Waals surface area (Å²) in [6.07, 6.45) is -3.74. The van der Waals surface area contributed by atoms with Crippen molar-refractivity contribution in [3.8, 4) is 11.3 Å². The number of alkyl halides is 3. The van der Waals surface area contributed by atoms with Crippen molar-refractivity contribution < 1.29 is 18.0 Å². The number of nitrogens with zero attached hydrogens (tertiary/aromatic N) is 2.